The quantitative estimate of drug-likeness (QED) is 0.830. The second kappa shape index (κ2) is 7.70. The Bertz CT molecular complexity index is 741. The Morgan fingerprint density at radius 2 is 1.91 bits per heavy atom. The fourth-order valence-electron chi connectivity index (χ4n) is 2.08. The smallest absolute Gasteiger partial charge is 0.248 e. The number of methoxy groups -OCH3 is 2. The minimum atomic E-state index is -0.236. The van der Waals surface area contributed by atoms with Crippen molar-refractivity contribution in [1.82, 2.24) is 0 Å². The van der Waals surface area contributed by atoms with Gasteiger partial charge in [0.2, 0.25) is 5.91 Å². The Kier molecular flexibility index (Phi) is 5.66. The standard InChI is InChI=1S/C18H18ClNO3/c1-12-10-14(19)5-7-16(12)20-18(21)9-4-13-11-15(22-2)6-8-17(13)23-3/h4-11H,1-3H3,(H,20,21). The summed E-state index contributed by atoms with van der Waals surface area (Å²) in [5.74, 6) is 1.12. The van der Waals surface area contributed by atoms with E-state index in [0.29, 0.717) is 16.5 Å². The van der Waals surface area contributed by atoms with E-state index in [4.69, 9.17) is 21.1 Å². The summed E-state index contributed by atoms with van der Waals surface area (Å²) in [6.07, 6.45) is 3.13. The van der Waals surface area contributed by atoms with Crippen molar-refractivity contribution < 1.29 is 14.3 Å². The molecule has 23 heavy (non-hydrogen) atoms. The van der Waals surface area contributed by atoms with Crippen LogP contribution in [-0.2, 0) is 4.79 Å². The van der Waals surface area contributed by atoms with Gasteiger partial charge in [-0.1, -0.05) is 11.6 Å². The maximum atomic E-state index is 12.1. The van der Waals surface area contributed by atoms with Gasteiger partial charge in [-0.3, -0.25) is 4.79 Å². The highest BCUT2D eigenvalue weighted by Crippen LogP contribution is 2.25. The van der Waals surface area contributed by atoms with E-state index in [0.717, 1.165) is 16.8 Å². The van der Waals surface area contributed by atoms with Gasteiger partial charge in [0.05, 0.1) is 14.2 Å². The minimum Gasteiger partial charge on any atom is -0.497 e. The number of rotatable bonds is 5. The number of amides is 1. The molecule has 0 saturated heterocycles. The molecule has 0 aliphatic heterocycles. The van der Waals surface area contributed by atoms with Crippen molar-refractivity contribution in [2.45, 2.75) is 6.92 Å². The molecular weight excluding hydrogens is 314 g/mol. The number of aryl methyl sites for hydroxylation is 1. The van der Waals surface area contributed by atoms with Gasteiger partial charge in [-0.2, -0.15) is 0 Å². The first-order chi connectivity index (χ1) is 11.0. The second-order valence-corrected chi connectivity index (χ2v) is 5.33. The molecule has 1 amide bonds. The number of hydrogen-bond acceptors (Lipinski definition) is 3. The molecule has 4 nitrogen and oxygen atoms in total. The van der Waals surface area contributed by atoms with Crippen LogP contribution in [0.2, 0.25) is 5.02 Å². The molecule has 0 spiro atoms. The van der Waals surface area contributed by atoms with E-state index in [2.05, 4.69) is 5.32 Å². The molecule has 0 aliphatic carbocycles. The average molecular weight is 332 g/mol. The normalized spacial score (nSPS) is 10.6. The molecule has 0 aromatic heterocycles. The first-order valence-electron chi connectivity index (χ1n) is 7.00. The predicted molar refractivity (Wildman–Crippen MR) is 93.4 cm³/mol. The molecule has 1 N–H and O–H groups in total. The molecule has 5 heteroatoms. The molecule has 0 aliphatic rings. The van der Waals surface area contributed by atoms with Crippen LogP contribution in [0.1, 0.15) is 11.1 Å². The Labute approximate surface area is 140 Å². The number of carbonyl (C=O) groups is 1. The average Bonchev–Trinajstić information content (AvgIpc) is 2.55. The molecule has 0 unspecified atom stereocenters. The van der Waals surface area contributed by atoms with Gasteiger partial charge in [0.15, 0.2) is 0 Å². The molecule has 0 radical (unpaired) electrons. The molecule has 2 rings (SSSR count). The van der Waals surface area contributed by atoms with Crippen LogP contribution >= 0.6 is 11.6 Å². The van der Waals surface area contributed by atoms with Gasteiger partial charge in [-0.05, 0) is 55.0 Å². The van der Waals surface area contributed by atoms with Crippen LogP contribution in [0, 0.1) is 6.92 Å². The number of hydrogen-bond donors (Lipinski definition) is 1. The molecular formula is C18H18ClNO3. The summed E-state index contributed by atoms with van der Waals surface area (Å²) in [6, 6.07) is 10.7. The second-order valence-electron chi connectivity index (χ2n) is 4.89. The number of ether oxygens (including phenoxy) is 2. The Morgan fingerprint density at radius 3 is 2.57 bits per heavy atom. The van der Waals surface area contributed by atoms with E-state index < -0.39 is 0 Å². The number of carbonyl (C=O) groups excluding carboxylic acids is 1. The first kappa shape index (κ1) is 16.9. The molecule has 0 fully saturated rings. The van der Waals surface area contributed by atoms with E-state index in [1.54, 1.807) is 56.7 Å². The summed E-state index contributed by atoms with van der Waals surface area (Å²) in [4.78, 5) is 12.1. The van der Waals surface area contributed by atoms with Crippen LogP contribution in [0.3, 0.4) is 0 Å². The van der Waals surface area contributed by atoms with Gasteiger partial charge >= 0.3 is 0 Å². The fraction of sp³-hybridized carbons (Fsp3) is 0.167. The van der Waals surface area contributed by atoms with Crippen LogP contribution in [0.4, 0.5) is 5.69 Å². The third-order valence-electron chi connectivity index (χ3n) is 3.30. The molecule has 2 aromatic carbocycles. The maximum Gasteiger partial charge on any atom is 0.248 e. The number of halogens is 1. The lowest BCUT2D eigenvalue weighted by atomic mass is 10.1. The summed E-state index contributed by atoms with van der Waals surface area (Å²) in [5, 5.41) is 3.45. The van der Waals surface area contributed by atoms with Gasteiger partial charge < -0.3 is 14.8 Å². The largest absolute Gasteiger partial charge is 0.497 e. The van der Waals surface area contributed by atoms with E-state index in [1.165, 1.54) is 6.08 Å². The topological polar surface area (TPSA) is 47.6 Å². The van der Waals surface area contributed by atoms with Gasteiger partial charge in [0, 0.05) is 22.3 Å². The molecule has 120 valence electrons. The van der Waals surface area contributed by atoms with Crippen molar-refractivity contribution in [1.29, 1.82) is 0 Å². The van der Waals surface area contributed by atoms with Crippen molar-refractivity contribution in [3.05, 3.63) is 58.6 Å². The number of anilines is 1. The zero-order chi connectivity index (χ0) is 16.8. The molecule has 0 heterocycles. The Balaban J connectivity index is 2.14. The summed E-state index contributed by atoms with van der Waals surface area (Å²) in [7, 11) is 3.17. The van der Waals surface area contributed by atoms with E-state index in [1.807, 2.05) is 6.92 Å². The highest BCUT2D eigenvalue weighted by molar-refractivity contribution is 6.30. The van der Waals surface area contributed by atoms with Gasteiger partial charge in [-0.25, -0.2) is 0 Å². The highest BCUT2D eigenvalue weighted by Gasteiger charge is 2.05. The molecule has 2 aromatic rings. The van der Waals surface area contributed by atoms with E-state index >= 15 is 0 Å². The first-order valence-corrected chi connectivity index (χ1v) is 7.38. The third-order valence-corrected chi connectivity index (χ3v) is 3.53. The summed E-state index contributed by atoms with van der Waals surface area (Å²) in [6.45, 7) is 1.89. The Hall–Kier alpha value is -2.46. The fourth-order valence-corrected chi connectivity index (χ4v) is 2.30. The predicted octanol–water partition coefficient (Wildman–Crippen LogP) is 4.32. The van der Waals surface area contributed by atoms with Crippen molar-refractivity contribution in [2.24, 2.45) is 0 Å². The summed E-state index contributed by atoms with van der Waals surface area (Å²) < 4.78 is 10.5. The molecule has 0 bridgehead atoms. The van der Waals surface area contributed by atoms with E-state index in [9.17, 15) is 4.79 Å². The zero-order valence-electron chi connectivity index (χ0n) is 13.2. The Morgan fingerprint density at radius 1 is 1.13 bits per heavy atom. The number of benzene rings is 2. The third kappa shape index (κ3) is 4.50. The minimum absolute atomic E-state index is 0.236. The van der Waals surface area contributed by atoms with Crippen LogP contribution in [0.5, 0.6) is 11.5 Å². The van der Waals surface area contributed by atoms with Crippen LogP contribution < -0.4 is 14.8 Å². The van der Waals surface area contributed by atoms with Crippen LogP contribution in [0.25, 0.3) is 6.08 Å². The lowest BCUT2D eigenvalue weighted by Crippen LogP contribution is -2.08. The van der Waals surface area contributed by atoms with Crippen molar-refractivity contribution in [3.8, 4) is 11.5 Å². The van der Waals surface area contributed by atoms with Crippen molar-refractivity contribution in [2.75, 3.05) is 19.5 Å². The van der Waals surface area contributed by atoms with Crippen LogP contribution in [-0.4, -0.2) is 20.1 Å². The van der Waals surface area contributed by atoms with Gasteiger partial charge in [-0.15, -0.1) is 0 Å². The SMILES string of the molecule is COc1ccc(OC)c(C=CC(=O)Nc2ccc(Cl)cc2C)c1. The highest BCUT2D eigenvalue weighted by atomic mass is 35.5. The maximum absolute atomic E-state index is 12.1. The molecule has 0 saturated carbocycles. The van der Waals surface area contributed by atoms with Gasteiger partial charge in [0.1, 0.15) is 11.5 Å². The van der Waals surface area contributed by atoms with Crippen molar-refractivity contribution >= 4 is 29.3 Å². The number of nitrogens with one attached hydrogen (secondary N) is 1. The van der Waals surface area contributed by atoms with Crippen LogP contribution in [0.15, 0.2) is 42.5 Å². The molecule has 0 atom stereocenters. The van der Waals surface area contributed by atoms with Crippen molar-refractivity contribution in [3.63, 3.8) is 0 Å². The lowest BCUT2D eigenvalue weighted by molar-refractivity contribution is -0.111. The monoisotopic (exact) mass is 331 g/mol. The van der Waals surface area contributed by atoms with E-state index in [-0.39, 0.29) is 5.91 Å². The zero-order valence-corrected chi connectivity index (χ0v) is 14.0. The summed E-state index contributed by atoms with van der Waals surface area (Å²) in [5.41, 5.74) is 2.38. The lowest BCUT2D eigenvalue weighted by Gasteiger charge is -2.08. The van der Waals surface area contributed by atoms with Gasteiger partial charge in [0.25, 0.3) is 0 Å². The summed E-state index contributed by atoms with van der Waals surface area (Å²) >= 11 is 5.90.